The van der Waals surface area contributed by atoms with E-state index in [9.17, 15) is 10.2 Å². The highest BCUT2D eigenvalue weighted by Crippen LogP contribution is 2.24. The fraction of sp³-hybridized carbons (Fsp3) is 1.00. The van der Waals surface area contributed by atoms with E-state index in [1.807, 2.05) is 0 Å². The monoisotopic (exact) mass is 404 g/mol. The van der Waals surface area contributed by atoms with Gasteiger partial charge in [-0.1, -0.05) is 0 Å². The van der Waals surface area contributed by atoms with E-state index < -0.39 is 24.4 Å². The summed E-state index contributed by atoms with van der Waals surface area (Å²) in [4.78, 5) is 0. The molecule has 0 aromatic carbocycles. The summed E-state index contributed by atoms with van der Waals surface area (Å²) in [5, 5.41) is 21.6. The molecule has 0 aliphatic carbocycles. The molecule has 8 unspecified atom stereocenters. The lowest BCUT2D eigenvalue weighted by Gasteiger charge is -2.32. The van der Waals surface area contributed by atoms with E-state index in [1.54, 1.807) is 0 Å². The SMILES string of the molecule is OC(COCC1CO1)C(OCC1CO1)C(O)C(CCCC1CO1)OCC1CO1. The summed E-state index contributed by atoms with van der Waals surface area (Å²) >= 11 is 0. The van der Waals surface area contributed by atoms with Crippen LogP contribution in [0.2, 0.25) is 0 Å². The van der Waals surface area contributed by atoms with Crippen molar-refractivity contribution in [3.63, 3.8) is 0 Å². The Bertz CT molecular complexity index is 462. The van der Waals surface area contributed by atoms with Crippen LogP contribution in [0.1, 0.15) is 19.3 Å². The molecular formula is C19H32O9. The molecule has 0 radical (unpaired) electrons. The summed E-state index contributed by atoms with van der Waals surface area (Å²) in [7, 11) is 0. The van der Waals surface area contributed by atoms with Gasteiger partial charge in [-0.3, -0.25) is 0 Å². The summed E-state index contributed by atoms with van der Waals surface area (Å²) in [6.07, 6.45) is -0.124. The highest BCUT2D eigenvalue weighted by Gasteiger charge is 2.38. The summed E-state index contributed by atoms with van der Waals surface area (Å²) in [5.74, 6) is 0. The molecule has 0 bridgehead atoms. The third kappa shape index (κ3) is 7.47. The maximum Gasteiger partial charge on any atom is 0.114 e. The maximum atomic E-state index is 11.0. The minimum Gasteiger partial charge on any atom is -0.388 e. The quantitative estimate of drug-likeness (QED) is 0.302. The Hall–Kier alpha value is -0.360. The largest absolute Gasteiger partial charge is 0.388 e. The van der Waals surface area contributed by atoms with Crippen molar-refractivity contribution in [3.05, 3.63) is 0 Å². The maximum absolute atomic E-state index is 11.0. The summed E-state index contributed by atoms with van der Waals surface area (Å²) in [6.45, 7) is 4.13. The molecule has 2 N–H and O–H groups in total. The van der Waals surface area contributed by atoms with Crippen molar-refractivity contribution in [2.45, 2.75) is 68.1 Å². The molecule has 4 heterocycles. The summed E-state index contributed by atoms with van der Waals surface area (Å²) in [5.41, 5.74) is 0. The van der Waals surface area contributed by atoms with E-state index >= 15 is 0 Å². The van der Waals surface area contributed by atoms with Crippen LogP contribution in [0.4, 0.5) is 0 Å². The van der Waals surface area contributed by atoms with Crippen LogP contribution in [0, 0.1) is 0 Å². The molecule has 9 heteroatoms. The van der Waals surface area contributed by atoms with Crippen LogP contribution in [-0.2, 0) is 33.2 Å². The number of aliphatic hydroxyl groups is 2. The van der Waals surface area contributed by atoms with E-state index in [0.717, 1.165) is 19.4 Å². The van der Waals surface area contributed by atoms with Crippen LogP contribution >= 0.6 is 0 Å². The van der Waals surface area contributed by atoms with Gasteiger partial charge in [0.25, 0.3) is 0 Å². The van der Waals surface area contributed by atoms with Crippen molar-refractivity contribution in [2.75, 3.05) is 52.9 Å². The topological polar surface area (TPSA) is 118 Å². The number of hydrogen-bond acceptors (Lipinski definition) is 9. The first-order valence-corrected chi connectivity index (χ1v) is 10.3. The van der Waals surface area contributed by atoms with Gasteiger partial charge in [0, 0.05) is 0 Å². The Balaban J connectivity index is 1.29. The van der Waals surface area contributed by atoms with E-state index in [2.05, 4.69) is 0 Å². The highest BCUT2D eigenvalue weighted by atomic mass is 16.6. The predicted octanol–water partition coefficient (Wildman–Crippen LogP) is -0.739. The molecule has 4 fully saturated rings. The summed E-state index contributed by atoms with van der Waals surface area (Å²) in [6, 6.07) is 0. The number of hydrogen-bond donors (Lipinski definition) is 2. The Kier molecular flexibility index (Phi) is 7.54. The minimum absolute atomic E-state index is 0.0360. The standard InChI is InChI=1S/C19H32O9/c20-16(11-22-4-13-6-24-13)19(28-10-15-8-26-15)18(21)17(27-9-14-7-25-14)3-1-2-12-5-23-12/h12-21H,1-11H2. The second kappa shape index (κ2) is 10.1. The average molecular weight is 404 g/mol. The van der Waals surface area contributed by atoms with Crippen LogP contribution in [0.25, 0.3) is 0 Å². The van der Waals surface area contributed by atoms with Crippen molar-refractivity contribution in [1.29, 1.82) is 0 Å². The first-order valence-electron chi connectivity index (χ1n) is 10.3. The molecular weight excluding hydrogens is 372 g/mol. The smallest absolute Gasteiger partial charge is 0.114 e. The van der Waals surface area contributed by atoms with Gasteiger partial charge in [0.15, 0.2) is 0 Å². The van der Waals surface area contributed by atoms with Gasteiger partial charge in [0.05, 0.1) is 65.1 Å². The van der Waals surface area contributed by atoms with Crippen LogP contribution < -0.4 is 0 Å². The van der Waals surface area contributed by atoms with Crippen LogP contribution in [0.15, 0.2) is 0 Å². The number of epoxide rings is 4. The Morgan fingerprint density at radius 2 is 1.36 bits per heavy atom. The molecule has 0 saturated carbocycles. The normalized spacial score (nSPS) is 34.5. The number of aliphatic hydroxyl groups excluding tert-OH is 2. The molecule has 4 aliphatic heterocycles. The molecule has 4 saturated heterocycles. The molecule has 0 aromatic rings. The first kappa shape index (κ1) is 20.9. The Labute approximate surface area is 165 Å². The van der Waals surface area contributed by atoms with Gasteiger partial charge in [0.2, 0.25) is 0 Å². The molecule has 4 rings (SSSR count). The number of rotatable bonds is 17. The molecule has 0 amide bonds. The highest BCUT2D eigenvalue weighted by molar-refractivity contribution is 4.86. The van der Waals surface area contributed by atoms with E-state index in [4.69, 9.17) is 33.2 Å². The fourth-order valence-corrected chi connectivity index (χ4v) is 3.14. The van der Waals surface area contributed by atoms with Crippen molar-refractivity contribution < 1.29 is 43.4 Å². The number of ether oxygens (including phenoxy) is 7. The van der Waals surface area contributed by atoms with Crippen LogP contribution in [0.3, 0.4) is 0 Å². The molecule has 0 spiro atoms. The molecule has 28 heavy (non-hydrogen) atoms. The van der Waals surface area contributed by atoms with E-state index in [0.29, 0.717) is 52.2 Å². The fourth-order valence-electron chi connectivity index (χ4n) is 3.14. The van der Waals surface area contributed by atoms with Crippen molar-refractivity contribution in [2.24, 2.45) is 0 Å². The van der Waals surface area contributed by atoms with Crippen LogP contribution in [-0.4, -0.2) is 112 Å². The second-order valence-electron chi connectivity index (χ2n) is 8.02. The Morgan fingerprint density at radius 1 is 0.786 bits per heavy atom. The molecule has 162 valence electrons. The lowest BCUT2D eigenvalue weighted by atomic mass is 9.98. The van der Waals surface area contributed by atoms with Crippen LogP contribution in [0.5, 0.6) is 0 Å². The minimum atomic E-state index is -0.978. The summed E-state index contributed by atoms with van der Waals surface area (Å²) < 4.78 is 38.0. The lowest BCUT2D eigenvalue weighted by molar-refractivity contribution is -0.162. The average Bonchev–Trinajstić information content (AvgIpc) is 3.53. The van der Waals surface area contributed by atoms with E-state index in [1.165, 1.54) is 0 Å². The van der Waals surface area contributed by atoms with Crippen molar-refractivity contribution >= 4 is 0 Å². The van der Waals surface area contributed by atoms with Gasteiger partial charge in [-0.2, -0.15) is 0 Å². The predicted molar refractivity (Wildman–Crippen MR) is 95.1 cm³/mol. The van der Waals surface area contributed by atoms with Gasteiger partial charge in [0.1, 0.15) is 36.6 Å². The van der Waals surface area contributed by atoms with Gasteiger partial charge < -0.3 is 43.4 Å². The lowest BCUT2D eigenvalue weighted by Crippen LogP contribution is -2.49. The van der Waals surface area contributed by atoms with Gasteiger partial charge in [-0.15, -0.1) is 0 Å². The van der Waals surface area contributed by atoms with E-state index in [-0.39, 0.29) is 24.9 Å². The molecule has 4 aliphatic rings. The zero-order chi connectivity index (χ0) is 19.3. The van der Waals surface area contributed by atoms with Crippen molar-refractivity contribution in [1.82, 2.24) is 0 Å². The molecule has 9 nitrogen and oxygen atoms in total. The zero-order valence-corrected chi connectivity index (χ0v) is 16.1. The van der Waals surface area contributed by atoms with Gasteiger partial charge >= 0.3 is 0 Å². The first-order chi connectivity index (χ1) is 13.7. The van der Waals surface area contributed by atoms with Gasteiger partial charge in [-0.05, 0) is 19.3 Å². The second-order valence-corrected chi connectivity index (χ2v) is 8.02. The van der Waals surface area contributed by atoms with Gasteiger partial charge in [-0.25, -0.2) is 0 Å². The third-order valence-electron chi connectivity index (χ3n) is 5.28. The zero-order valence-electron chi connectivity index (χ0n) is 16.1. The van der Waals surface area contributed by atoms with Crippen molar-refractivity contribution in [3.8, 4) is 0 Å². The molecule has 0 aromatic heterocycles. The molecule has 8 atom stereocenters. The Morgan fingerprint density at radius 3 is 1.96 bits per heavy atom. The third-order valence-corrected chi connectivity index (χ3v) is 5.28.